The van der Waals surface area contributed by atoms with Crippen LogP contribution in [-0.4, -0.2) is 56.2 Å². The topological polar surface area (TPSA) is 158 Å². The number of carbonyl (C=O) groups is 2. The lowest BCUT2D eigenvalue weighted by Crippen LogP contribution is -2.40. The molecule has 206 valence electrons. The Kier molecular flexibility index (Phi) is 10.9. The van der Waals surface area contributed by atoms with Crippen molar-refractivity contribution in [3.05, 3.63) is 58.9 Å². The molecule has 0 aliphatic heterocycles. The Bertz CT molecular complexity index is 1120. The molecule has 1 heterocycles. The number of aryl methyl sites for hydroxylation is 1. The highest BCUT2D eigenvalue weighted by molar-refractivity contribution is 5.99. The highest BCUT2D eigenvalue weighted by Crippen LogP contribution is 2.25. The molecule has 1 aliphatic carbocycles. The fourth-order valence-corrected chi connectivity index (χ4v) is 4.53. The molecule has 1 saturated carbocycles. The van der Waals surface area contributed by atoms with Crippen molar-refractivity contribution in [3.63, 3.8) is 0 Å². The van der Waals surface area contributed by atoms with E-state index in [0.29, 0.717) is 43.3 Å². The summed E-state index contributed by atoms with van der Waals surface area (Å²) >= 11 is 0. The van der Waals surface area contributed by atoms with Crippen LogP contribution in [0.3, 0.4) is 0 Å². The fraction of sp³-hybridized carbons (Fsp3) is 0.481. The number of nitrogens with zero attached hydrogens (tertiary/aromatic N) is 2. The number of amidine groups is 1. The maximum atomic E-state index is 12.8. The average Bonchev–Trinajstić information content (AvgIpc) is 2.91. The van der Waals surface area contributed by atoms with Gasteiger partial charge in [-0.05, 0) is 49.3 Å². The largest absolute Gasteiger partial charge is 0.497 e. The molecule has 1 aromatic heterocycles. The van der Waals surface area contributed by atoms with E-state index >= 15 is 0 Å². The summed E-state index contributed by atoms with van der Waals surface area (Å²) < 4.78 is 10.2. The van der Waals surface area contributed by atoms with Crippen molar-refractivity contribution < 1.29 is 24.0 Å². The minimum atomic E-state index is -0.263. The summed E-state index contributed by atoms with van der Waals surface area (Å²) in [6.07, 6.45) is 4.06. The quantitative estimate of drug-likeness (QED) is 0.140. The third-order valence-corrected chi connectivity index (χ3v) is 6.56. The number of benzene rings is 1. The summed E-state index contributed by atoms with van der Waals surface area (Å²) in [4.78, 5) is 27.8. The molecular weight excluding hydrogens is 486 g/mol. The summed E-state index contributed by atoms with van der Waals surface area (Å²) in [7, 11) is 3.19. The highest BCUT2D eigenvalue weighted by atomic mass is 16.5. The number of carbonyl (C=O) groups excluding carboxylic acids is 2. The number of hydrogen-bond donors (Lipinski definition) is 4. The predicted octanol–water partition coefficient (Wildman–Crippen LogP) is 1.26. The minimum Gasteiger partial charge on any atom is -0.497 e. The van der Waals surface area contributed by atoms with E-state index in [9.17, 15) is 9.59 Å². The zero-order valence-electron chi connectivity index (χ0n) is 22.5. The molecule has 0 unspecified atom stereocenters. The lowest BCUT2D eigenvalue weighted by atomic mass is 9.86. The van der Waals surface area contributed by atoms with E-state index in [-0.39, 0.29) is 23.7 Å². The van der Waals surface area contributed by atoms with Crippen molar-refractivity contribution >= 4 is 17.6 Å². The fourth-order valence-electron chi connectivity index (χ4n) is 4.53. The van der Waals surface area contributed by atoms with Gasteiger partial charge in [-0.25, -0.2) is 15.9 Å². The lowest BCUT2D eigenvalue weighted by molar-refractivity contribution is -0.391. The second-order valence-electron chi connectivity index (χ2n) is 9.64. The van der Waals surface area contributed by atoms with Crippen molar-refractivity contribution in [2.45, 2.75) is 51.6 Å². The maximum absolute atomic E-state index is 12.8. The van der Waals surface area contributed by atoms with E-state index in [1.807, 2.05) is 37.3 Å². The number of methoxy groups -OCH3 is 2. The van der Waals surface area contributed by atoms with Crippen LogP contribution in [0.25, 0.3) is 0 Å². The number of ether oxygens (including phenoxy) is 2. The van der Waals surface area contributed by atoms with Crippen molar-refractivity contribution in [2.75, 3.05) is 27.4 Å². The van der Waals surface area contributed by atoms with Crippen LogP contribution in [0.2, 0.25) is 0 Å². The molecule has 11 nitrogen and oxygen atoms in total. The van der Waals surface area contributed by atoms with Gasteiger partial charge in [-0.15, -0.1) is 5.10 Å². The summed E-state index contributed by atoms with van der Waals surface area (Å²) in [5.41, 5.74) is 8.93. The summed E-state index contributed by atoms with van der Waals surface area (Å²) in [6.45, 7) is 3.18. The van der Waals surface area contributed by atoms with E-state index in [2.05, 4.69) is 20.7 Å². The van der Waals surface area contributed by atoms with Crippen LogP contribution >= 0.6 is 0 Å². The van der Waals surface area contributed by atoms with E-state index in [4.69, 9.17) is 21.1 Å². The Morgan fingerprint density at radius 1 is 1.16 bits per heavy atom. The first-order chi connectivity index (χ1) is 18.3. The number of hydrazine groups is 1. The number of nitrogens with two attached hydrogens (primary N) is 2. The van der Waals surface area contributed by atoms with Crippen LogP contribution in [0.15, 0.2) is 41.5 Å². The van der Waals surface area contributed by atoms with Crippen LogP contribution < -0.4 is 31.9 Å². The number of aromatic nitrogens is 1. The van der Waals surface area contributed by atoms with Crippen molar-refractivity contribution in [3.8, 4) is 5.75 Å². The van der Waals surface area contributed by atoms with Crippen LogP contribution in [0, 0.1) is 12.8 Å². The molecule has 1 aliphatic rings. The first kappa shape index (κ1) is 28.9. The van der Waals surface area contributed by atoms with E-state index in [1.165, 1.54) is 5.12 Å². The molecule has 1 fully saturated rings. The molecular formula is C27H40N7O4+. The molecule has 11 heteroatoms. The van der Waals surface area contributed by atoms with Gasteiger partial charge >= 0.3 is 5.91 Å². The molecule has 2 amide bonds. The van der Waals surface area contributed by atoms with Gasteiger partial charge < -0.3 is 25.8 Å². The van der Waals surface area contributed by atoms with Gasteiger partial charge in [0.2, 0.25) is 5.91 Å². The monoisotopic (exact) mass is 526 g/mol. The summed E-state index contributed by atoms with van der Waals surface area (Å²) in [6, 6.07) is 11.2. The van der Waals surface area contributed by atoms with Crippen LogP contribution in [-0.2, 0) is 16.1 Å². The molecule has 0 spiro atoms. The molecule has 3 rings (SSSR count). The number of H-pyrrole nitrogens is 1. The Morgan fingerprint density at radius 2 is 1.92 bits per heavy atom. The Balaban J connectivity index is 1.53. The second kappa shape index (κ2) is 14.3. The number of rotatable bonds is 12. The van der Waals surface area contributed by atoms with Crippen molar-refractivity contribution in [1.82, 2.24) is 15.8 Å². The Morgan fingerprint density at radius 3 is 2.63 bits per heavy atom. The van der Waals surface area contributed by atoms with Gasteiger partial charge in [-0.2, -0.15) is 0 Å². The van der Waals surface area contributed by atoms with E-state index in [0.717, 1.165) is 42.7 Å². The Labute approximate surface area is 223 Å². The number of amides is 2. The van der Waals surface area contributed by atoms with Crippen LogP contribution in [0.1, 0.15) is 59.4 Å². The predicted molar refractivity (Wildman–Crippen MR) is 144 cm³/mol. The van der Waals surface area contributed by atoms with Gasteiger partial charge in [0.1, 0.15) is 5.75 Å². The zero-order valence-corrected chi connectivity index (χ0v) is 22.5. The van der Waals surface area contributed by atoms with Gasteiger partial charge in [-0.3, -0.25) is 9.59 Å². The minimum absolute atomic E-state index is 0.0249. The van der Waals surface area contributed by atoms with Gasteiger partial charge in [0.05, 0.1) is 20.3 Å². The third kappa shape index (κ3) is 9.00. The number of pyridine rings is 1. The van der Waals surface area contributed by atoms with Crippen molar-refractivity contribution in [1.29, 1.82) is 0 Å². The Hall–Kier alpha value is -3.70. The standard InChI is InChI=1S/C27H39N7O4/c1-18-13-21(15-24(31-18)27(36)30-16-20-5-4-6-23(14-20)38-3)26(28)33-34(29)17-19-7-9-22(10-8-19)32-25(35)11-12-37-2/h4-6,13-15,19,22H,7-12,16-17,29H2,1-3H3,(H2,28,33)(H,30,36)(H,32,35)/p+1. The zero-order chi connectivity index (χ0) is 27.5. The highest BCUT2D eigenvalue weighted by Gasteiger charge is 2.24. The summed E-state index contributed by atoms with van der Waals surface area (Å²) in [5, 5.41) is 11.7. The molecule has 2 aromatic rings. The van der Waals surface area contributed by atoms with E-state index in [1.54, 1.807) is 20.3 Å². The van der Waals surface area contributed by atoms with Gasteiger partial charge in [0, 0.05) is 50.7 Å². The second-order valence-corrected chi connectivity index (χ2v) is 9.64. The molecule has 38 heavy (non-hydrogen) atoms. The normalized spacial score (nSPS) is 17.5. The SMILES string of the molecule is COCCC(=O)NC1CCC(CN(N)/N=C(\N)c2cc(C)[nH+]c(C(=O)NCc3cccc(OC)c3)c2)CC1. The number of aromatic amines is 1. The summed E-state index contributed by atoms with van der Waals surface area (Å²) in [5.74, 6) is 7.24. The average molecular weight is 527 g/mol. The lowest BCUT2D eigenvalue weighted by Gasteiger charge is -2.30. The van der Waals surface area contributed by atoms with Gasteiger partial charge in [-0.1, -0.05) is 12.1 Å². The number of nitrogens with one attached hydrogen (secondary N) is 3. The first-order valence-electron chi connectivity index (χ1n) is 12.9. The van der Waals surface area contributed by atoms with Gasteiger partial charge in [0.15, 0.2) is 11.5 Å². The molecule has 1 aromatic carbocycles. The molecule has 0 atom stereocenters. The van der Waals surface area contributed by atoms with E-state index < -0.39 is 0 Å². The first-order valence-corrected chi connectivity index (χ1v) is 12.9. The smallest absolute Gasteiger partial charge is 0.316 e. The van der Waals surface area contributed by atoms with Crippen molar-refractivity contribution in [2.24, 2.45) is 22.6 Å². The number of hydrogen-bond acceptors (Lipinski definition) is 7. The third-order valence-electron chi connectivity index (χ3n) is 6.56. The molecule has 0 bridgehead atoms. The number of hydrazone groups is 1. The molecule has 0 saturated heterocycles. The van der Waals surface area contributed by atoms with Crippen LogP contribution in [0.4, 0.5) is 0 Å². The molecule has 0 radical (unpaired) electrons. The molecule has 7 N–H and O–H groups in total. The van der Waals surface area contributed by atoms with Crippen LogP contribution in [0.5, 0.6) is 5.75 Å². The van der Waals surface area contributed by atoms with Gasteiger partial charge in [0.25, 0.3) is 5.69 Å². The maximum Gasteiger partial charge on any atom is 0.316 e.